The van der Waals surface area contributed by atoms with Crippen LogP contribution in [0.5, 0.6) is 0 Å². The molecule has 7 heteroatoms. The fourth-order valence-electron chi connectivity index (χ4n) is 2.74. The molecular weight excluding hydrogens is 334 g/mol. The third kappa shape index (κ3) is 7.01. The lowest BCUT2D eigenvalue weighted by atomic mass is 10.1. The summed E-state index contributed by atoms with van der Waals surface area (Å²) in [7, 11) is 0. The van der Waals surface area contributed by atoms with Crippen molar-refractivity contribution >= 4 is 17.6 Å². The van der Waals surface area contributed by atoms with Crippen molar-refractivity contribution in [1.29, 1.82) is 0 Å². The number of amides is 3. The minimum absolute atomic E-state index is 0.197. The minimum atomic E-state index is -0.538. The maximum atomic E-state index is 12.0. The highest BCUT2D eigenvalue weighted by Crippen LogP contribution is 2.15. The number of carbonyl (C=O) groups excluding carboxylic acids is 2. The van der Waals surface area contributed by atoms with E-state index in [2.05, 4.69) is 16.0 Å². The molecule has 0 aliphatic carbocycles. The highest BCUT2D eigenvalue weighted by molar-refractivity contribution is 5.97. The van der Waals surface area contributed by atoms with E-state index in [4.69, 9.17) is 9.47 Å². The zero-order valence-electron chi connectivity index (χ0n) is 15.5. The van der Waals surface area contributed by atoms with E-state index in [1.807, 2.05) is 24.3 Å². The largest absolute Gasteiger partial charge is 0.376 e. The molecule has 0 spiro atoms. The SMILES string of the molecule is CCNC(=O)NC(=O)[C@H](C)Nc1cccc(COC[C@H]2CCCCO2)c1. The van der Waals surface area contributed by atoms with Gasteiger partial charge in [0, 0.05) is 18.8 Å². The number of ether oxygens (including phenoxy) is 2. The first-order valence-corrected chi connectivity index (χ1v) is 9.22. The quantitative estimate of drug-likeness (QED) is 0.660. The average molecular weight is 363 g/mol. The molecule has 1 saturated heterocycles. The van der Waals surface area contributed by atoms with Crippen molar-refractivity contribution in [3.63, 3.8) is 0 Å². The summed E-state index contributed by atoms with van der Waals surface area (Å²) in [5, 5.41) is 7.92. The van der Waals surface area contributed by atoms with Crippen LogP contribution in [-0.4, -0.2) is 43.8 Å². The van der Waals surface area contributed by atoms with Gasteiger partial charge in [-0.2, -0.15) is 0 Å². The van der Waals surface area contributed by atoms with Gasteiger partial charge < -0.3 is 20.1 Å². The second-order valence-electron chi connectivity index (χ2n) is 6.42. The normalized spacial score (nSPS) is 18.0. The molecule has 1 heterocycles. The summed E-state index contributed by atoms with van der Waals surface area (Å²) in [6.45, 7) is 5.88. The monoisotopic (exact) mass is 363 g/mol. The molecule has 2 rings (SSSR count). The second-order valence-corrected chi connectivity index (χ2v) is 6.42. The van der Waals surface area contributed by atoms with Crippen LogP contribution in [0.3, 0.4) is 0 Å². The van der Waals surface area contributed by atoms with Gasteiger partial charge in [-0.25, -0.2) is 4.79 Å². The van der Waals surface area contributed by atoms with Gasteiger partial charge in [0.15, 0.2) is 0 Å². The Morgan fingerprint density at radius 2 is 2.19 bits per heavy atom. The molecule has 3 amide bonds. The molecular formula is C19H29N3O4. The maximum absolute atomic E-state index is 12.0. The lowest BCUT2D eigenvalue weighted by molar-refractivity contribution is -0.120. The van der Waals surface area contributed by atoms with Gasteiger partial charge in [0.2, 0.25) is 5.91 Å². The highest BCUT2D eigenvalue weighted by atomic mass is 16.5. The third-order valence-electron chi connectivity index (χ3n) is 4.12. The molecule has 0 bridgehead atoms. The summed E-state index contributed by atoms with van der Waals surface area (Å²) in [4.78, 5) is 23.4. The molecule has 144 valence electrons. The highest BCUT2D eigenvalue weighted by Gasteiger charge is 2.16. The standard InChI is InChI=1S/C19H29N3O4/c1-3-20-19(24)22-18(23)14(2)21-16-8-6-7-15(11-16)12-25-13-17-9-4-5-10-26-17/h6-8,11,14,17,21H,3-5,9-10,12-13H2,1-2H3,(H2,20,22,23,24)/t14-,17+/m0/s1. The Labute approximate surface area is 154 Å². The van der Waals surface area contributed by atoms with Crippen LogP contribution in [0.15, 0.2) is 24.3 Å². The van der Waals surface area contributed by atoms with Crippen LogP contribution in [0.4, 0.5) is 10.5 Å². The fraction of sp³-hybridized carbons (Fsp3) is 0.579. The van der Waals surface area contributed by atoms with Crippen molar-refractivity contribution in [1.82, 2.24) is 10.6 Å². The molecule has 0 unspecified atom stereocenters. The van der Waals surface area contributed by atoms with Crippen molar-refractivity contribution in [2.45, 2.75) is 51.9 Å². The van der Waals surface area contributed by atoms with Gasteiger partial charge in [0.1, 0.15) is 6.04 Å². The molecule has 0 aromatic heterocycles. The molecule has 7 nitrogen and oxygen atoms in total. The van der Waals surface area contributed by atoms with Crippen molar-refractivity contribution in [2.24, 2.45) is 0 Å². The molecule has 1 aromatic rings. The maximum Gasteiger partial charge on any atom is 0.321 e. The van der Waals surface area contributed by atoms with Crippen molar-refractivity contribution in [3.8, 4) is 0 Å². The number of urea groups is 1. The van der Waals surface area contributed by atoms with Crippen molar-refractivity contribution in [2.75, 3.05) is 25.1 Å². The second kappa shape index (κ2) is 10.8. The van der Waals surface area contributed by atoms with Gasteiger partial charge in [-0.1, -0.05) is 12.1 Å². The Morgan fingerprint density at radius 1 is 1.35 bits per heavy atom. The number of anilines is 1. The number of imide groups is 1. The summed E-state index contributed by atoms with van der Waals surface area (Å²) < 4.78 is 11.4. The minimum Gasteiger partial charge on any atom is -0.376 e. The summed E-state index contributed by atoms with van der Waals surface area (Å²) in [6, 6.07) is 6.68. The van der Waals surface area contributed by atoms with E-state index in [0.717, 1.165) is 30.7 Å². The van der Waals surface area contributed by atoms with Crippen molar-refractivity contribution in [3.05, 3.63) is 29.8 Å². The van der Waals surface area contributed by atoms with Crippen LogP contribution in [0.2, 0.25) is 0 Å². The first kappa shape index (κ1) is 20.2. The fourth-order valence-corrected chi connectivity index (χ4v) is 2.74. The smallest absolute Gasteiger partial charge is 0.321 e. The predicted molar refractivity (Wildman–Crippen MR) is 100.0 cm³/mol. The average Bonchev–Trinajstić information content (AvgIpc) is 2.63. The Morgan fingerprint density at radius 3 is 2.92 bits per heavy atom. The summed E-state index contributed by atoms with van der Waals surface area (Å²) in [6.07, 6.45) is 3.59. The third-order valence-corrected chi connectivity index (χ3v) is 4.12. The molecule has 0 saturated carbocycles. The van der Waals surface area contributed by atoms with E-state index < -0.39 is 12.1 Å². The first-order chi connectivity index (χ1) is 12.6. The van der Waals surface area contributed by atoms with Crippen LogP contribution >= 0.6 is 0 Å². The van der Waals surface area contributed by atoms with E-state index in [1.54, 1.807) is 13.8 Å². The molecule has 2 atom stereocenters. The van der Waals surface area contributed by atoms with Gasteiger partial charge in [-0.15, -0.1) is 0 Å². The molecule has 1 aliphatic rings. The van der Waals surface area contributed by atoms with Gasteiger partial charge >= 0.3 is 6.03 Å². The van der Waals surface area contributed by atoms with E-state index in [0.29, 0.717) is 19.8 Å². The number of benzene rings is 1. The number of rotatable bonds is 8. The van der Waals surface area contributed by atoms with Gasteiger partial charge in [0.25, 0.3) is 0 Å². The topological polar surface area (TPSA) is 88.7 Å². The first-order valence-electron chi connectivity index (χ1n) is 9.22. The van der Waals surface area contributed by atoms with E-state index in [-0.39, 0.29) is 12.0 Å². The molecule has 1 fully saturated rings. The van der Waals surface area contributed by atoms with Crippen LogP contribution in [0.25, 0.3) is 0 Å². The van der Waals surface area contributed by atoms with Gasteiger partial charge in [-0.05, 0) is 50.8 Å². The van der Waals surface area contributed by atoms with Gasteiger partial charge in [-0.3, -0.25) is 10.1 Å². The molecule has 26 heavy (non-hydrogen) atoms. The number of hydrogen-bond acceptors (Lipinski definition) is 5. The Balaban J connectivity index is 1.78. The number of hydrogen-bond donors (Lipinski definition) is 3. The van der Waals surface area contributed by atoms with Crippen LogP contribution in [-0.2, 0) is 20.9 Å². The molecule has 1 aliphatic heterocycles. The summed E-state index contributed by atoms with van der Waals surface area (Å²) in [5.74, 6) is -0.382. The number of nitrogens with one attached hydrogen (secondary N) is 3. The molecule has 3 N–H and O–H groups in total. The predicted octanol–water partition coefficient (Wildman–Crippen LogP) is 2.42. The zero-order chi connectivity index (χ0) is 18.8. The Kier molecular flexibility index (Phi) is 8.37. The van der Waals surface area contributed by atoms with E-state index in [9.17, 15) is 9.59 Å². The van der Waals surface area contributed by atoms with E-state index in [1.165, 1.54) is 6.42 Å². The lowest BCUT2D eigenvalue weighted by Crippen LogP contribution is -2.45. The molecule has 0 radical (unpaired) electrons. The molecule has 1 aromatic carbocycles. The summed E-state index contributed by atoms with van der Waals surface area (Å²) >= 11 is 0. The number of carbonyl (C=O) groups is 2. The van der Waals surface area contributed by atoms with Crippen LogP contribution in [0.1, 0.15) is 38.7 Å². The Bertz CT molecular complexity index is 588. The van der Waals surface area contributed by atoms with E-state index >= 15 is 0 Å². The van der Waals surface area contributed by atoms with Gasteiger partial charge in [0.05, 0.1) is 19.3 Å². The summed E-state index contributed by atoms with van der Waals surface area (Å²) in [5.41, 5.74) is 1.82. The lowest BCUT2D eigenvalue weighted by Gasteiger charge is -2.22. The zero-order valence-corrected chi connectivity index (χ0v) is 15.5. The van der Waals surface area contributed by atoms with Crippen LogP contribution < -0.4 is 16.0 Å². The Hall–Kier alpha value is -2.12. The van der Waals surface area contributed by atoms with Crippen LogP contribution in [0, 0.1) is 0 Å². The van der Waals surface area contributed by atoms with Crippen molar-refractivity contribution < 1.29 is 19.1 Å².